The van der Waals surface area contributed by atoms with Gasteiger partial charge in [-0.2, -0.15) is 0 Å². The fourth-order valence-electron chi connectivity index (χ4n) is 1.41. The average molecular weight is 290 g/mol. The number of aliphatic carboxylic acids is 1. The molecule has 0 aromatic heterocycles. The second kappa shape index (κ2) is 11.0. The van der Waals surface area contributed by atoms with Crippen molar-refractivity contribution >= 4 is 18.0 Å². The van der Waals surface area contributed by atoms with E-state index in [9.17, 15) is 14.4 Å². The lowest BCUT2D eigenvalue weighted by molar-refractivity contribution is -0.143. The lowest BCUT2D eigenvalue weighted by Gasteiger charge is -2.14. The van der Waals surface area contributed by atoms with E-state index < -0.39 is 24.0 Å². The zero-order valence-corrected chi connectivity index (χ0v) is 11.8. The topological polar surface area (TPSA) is 114 Å². The minimum absolute atomic E-state index is 0.0443. The van der Waals surface area contributed by atoms with Gasteiger partial charge in [-0.05, 0) is 19.8 Å². The molecule has 0 aromatic carbocycles. The van der Waals surface area contributed by atoms with Crippen LogP contribution in [-0.2, 0) is 19.1 Å². The smallest absolute Gasteiger partial charge is 0.326 e. The molecule has 8 nitrogen and oxygen atoms in total. The molecule has 2 amide bonds. The Morgan fingerprint density at radius 2 is 2.00 bits per heavy atom. The summed E-state index contributed by atoms with van der Waals surface area (Å²) in [6, 6.07) is -1.60. The predicted molar refractivity (Wildman–Crippen MR) is 70.3 cm³/mol. The first-order valence-electron chi connectivity index (χ1n) is 6.43. The molecule has 1 atom stereocenters. The number of carbonyl (C=O) groups is 3. The molecule has 0 fully saturated rings. The molecule has 3 N–H and O–H groups in total. The highest BCUT2D eigenvalue weighted by molar-refractivity contribution is 5.82. The van der Waals surface area contributed by atoms with Gasteiger partial charge in [-0.3, -0.25) is 4.79 Å². The van der Waals surface area contributed by atoms with E-state index in [1.807, 2.05) is 0 Å². The first kappa shape index (κ1) is 18.2. The van der Waals surface area contributed by atoms with E-state index in [2.05, 4.69) is 15.4 Å². The quantitative estimate of drug-likeness (QED) is 0.389. The van der Waals surface area contributed by atoms with Crippen molar-refractivity contribution in [2.45, 2.75) is 32.2 Å². The maximum absolute atomic E-state index is 11.5. The third-order valence-electron chi connectivity index (χ3n) is 2.36. The summed E-state index contributed by atoms with van der Waals surface area (Å²) in [5, 5.41) is 13.7. The molecular weight excluding hydrogens is 268 g/mol. The Kier molecular flexibility index (Phi) is 10.0. The van der Waals surface area contributed by atoms with Gasteiger partial charge >= 0.3 is 18.0 Å². The summed E-state index contributed by atoms with van der Waals surface area (Å²) < 4.78 is 9.51. The summed E-state index contributed by atoms with van der Waals surface area (Å²) in [5.41, 5.74) is 0. The lowest BCUT2D eigenvalue weighted by Crippen LogP contribution is -2.46. The predicted octanol–water partition coefficient (Wildman–Crippen LogP) is 0.119. The zero-order chi connectivity index (χ0) is 15.4. The normalized spacial score (nSPS) is 11.5. The van der Waals surface area contributed by atoms with Crippen LogP contribution in [0.5, 0.6) is 0 Å². The van der Waals surface area contributed by atoms with Crippen LogP contribution in [0.25, 0.3) is 0 Å². The number of carboxylic acids is 1. The number of ether oxygens (including phenoxy) is 2. The Labute approximate surface area is 117 Å². The number of rotatable bonds is 10. The Hall–Kier alpha value is -1.83. The molecule has 20 heavy (non-hydrogen) atoms. The van der Waals surface area contributed by atoms with Crippen molar-refractivity contribution < 1.29 is 29.0 Å². The van der Waals surface area contributed by atoms with Crippen molar-refractivity contribution in [2.24, 2.45) is 0 Å². The van der Waals surface area contributed by atoms with Crippen LogP contribution in [0.15, 0.2) is 0 Å². The van der Waals surface area contributed by atoms with Crippen LogP contribution in [0, 0.1) is 0 Å². The highest BCUT2D eigenvalue weighted by atomic mass is 16.5. The maximum Gasteiger partial charge on any atom is 0.326 e. The molecular formula is C12H22N2O6. The fraction of sp³-hybridized carbons (Fsp3) is 0.750. The van der Waals surface area contributed by atoms with Crippen molar-refractivity contribution in [3.05, 3.63) is 0 Å². The van der Waals surface area contributed by atoms with Gasteiger partial charge in [0.25, 0.3) is 0 Å². The summed E-state index contributed by atoms with van der Waals surface area (Å²) in [6.07, 6.45) is 0.841. The maximum atomic E-state index is 11.5. The van der Waals surface area contributed by atoms with E-state index in [1.54, 1.807) is 6.92 Å². The fourth-order valence-corrected chi connectivity index (χ4v) is 1.41. The van der Waals surface area contributed by atoms with E-state index in [4.69, 9.17) is 9.84 Å². The number of amides is 2. The van der Waals surface area contributed by atoms with Crippen LogP contribution in [0.2, 0.25) is 0 Å². The van der Waals surface area contributed by atoms with Gasteiger partial charge in [0, 0.05) is 20.3 Å². The Morgan fingerprint density at radius 1 is 1.30 bits per heavy atom. The first-order valence-corrected chi connectivity index (χ1v) is 6.43. The van der Waals surface area contributed by atoms with Crippen LogP contribution in [-0.4, -0.2) is 56.0 Å². The minimum Gasteiger partial charge on any atom is -0.480 e. The molecule has 0 radical (unpaired) electrons. The van der Waals surface area contributed by atoms with Crippen molar-refractivity contribution in [1.29, 1.82) is 0 Å². The molecule has 0 saturated heterocycles. The number of carboxylic acid groups (broad SMARTS) is 1. The number of hydrogen-bond acceptors (Lipinski definition) is 5. The largest absolute Gasteiger partial charge is 0.480 e. The molecule has 0 aliphatic heterocycles. The standard InChI is InChI=1S/C12H22N2O6/c1-3-20-10(15)6-7-13-12(18)14-9(11(16)17)5-4-8-19-2/h9H,3-8H2,1-2H3,(H,16,17)(H2,13,14,18). The van der Waals surface area contributed by atoms with Gasteiger partial charge < -0.3 is 25.2 Å². The Balaban J connectivity index is 3.94. The Morgan fingerprint density at radius 3 is 2.55 bits per heavy atom. The van der Waals surface area contributed by atoms with Crippen LogP contribution in [0.4, 0.5) is 4.79 Å². The highest BCUT2D eigenvalue weighted by Gasteiger charge is 2.19. The summed E-state index contributed by atoms with van der Waals surface area (Å²) in [5.74, 6) is -1.52. The molecule has 0 rings (SSSR count). The second-order valence-electron chi connectivity index (χ2n) is 3.98. The van der Waals surface area contributed by atoms with E-state index in [0.29, 0.717) is 13.0 Å². The van der Waals surface area contributed by atoms with Crippen molar-refractivity contribution in [1.82, 2.24) is 10.6 Å². The third-order valence-corrected chi connectivity index (χ3v) is 2.36. The zero-order valence-electron chi connectivity index (χ0n) is 11.8. The van der Waals surface area contributed by atoms with E-state index in [0.717, 1.165) is 0 Å². The van der Waals surface area contributed by atoms with Gasteiger partial charge in [-0.1, -0.05) is 0 Å². The second-order valence-corrected chi connectivity index (χ2v) is 3.98. The lowest BCUT2D eigenvalue weighted by atomic mass is 10.1. The number of methoxy groups -OCH3 is 1. The van der Waals surface area contributed by atoms with Gasteiger partial charge in [0.2, 0.25) is 0 Å². The van der Waals surface area contributed by atoms with Gasteiger partial charge in [-0.25, -0.2) is 9.59 Å². The highest BCUT2D eigenvalue weighted by Crippen LogP contribution is 1.98. The average Bonchev–Trinajstić information content (AvgIpc) is 2.38. The van der Waals surface area contributed by atoms with Crippen LogP contribution in [0.1, 0.15) is 26.2 Å². The number of carbonyl (C=O) groups excluding carboxylic acids is 2. The van der Waals surface area contributed by atoms with Gasteiger partial charge in [-0.15, -0.1) is 0 Å². The minimum atomic E-state index is -1.11. The van der Waals surface area contributed by atoms with Crippen LogP contribution >= 0.6 is 0 Å². The first-order chi connectivity index (χ1) is 9.51. The third kappa shape index (κ3) is 9.15. The molecule has 8 heteroatoms. The molecule has 0 aromatic rings. The van der Waals surface area contributed by atoms with Crippen molar-refractivity contribution in [3.8, 4) is 0 Å². The summed E-state index contributed by atoms with van der Waals surface area (Å²) in [4.78, 5) is 33.4. The Bertz CT molecular complexity index is 321. The van der Waals surface area contributed by atoms with Crippen molar-refractivity contribution in [2.75, 3.05) is 26.9 Å². The van der Waals surface area contributed by atoms with Gasteiger partial charge in [0.05, 0.1) is 13.0 Å². The van der Waals surface area contributed by atoms with Crippen molar-refractivity contribution in [3.63, 3.8) is 0 Å². The van der Waals surface area contributed by atoms with Gasteiger partial charge in [0.1, 0.15) is 6.04 Å². The molecule has 0 bridgehead atoms. The monoisotopic (exact) mass is 290 g/mol. The molecule has 0 heterocycles. The molecule has 0 saturated carbocycles. The number of hydrogen-bond donors (Lipinski definition) is 3. The molecule has 116 valence electrons. The van der Waals surface area contributed by atoms with Crippen LogP contribution in [0.3, 0.4) is 0 Å². The summed E-state index contributed by atoms with van der Waals surface area (Å²) in [7, 11) is 1.52. The van der Waals surface area contributed by atoms with Gasteiger partial charge in [0.15, 0.2) is 0 Å². The number of urea groups is 1. The molecule has 0 aliphatic carbocycles. The summed E-state index contributed by atoms with van der Waals surface area (Å²) >= 11 is 0. The molecule has 0 spiro atoms. The van der Waals surface area contributed by atoms with E-state index in [-0.39, 0.29) is 26.0 Å². The SMILES string of the molecule is CCOC(=O)CCNC(=O)NC(CCCOC)C(=O)O. The number of esters is 1. The summed E-state index contributed by atoms with van der Waals surface area (Å²) in [6.45, 7) is 2.49. The van der Waals surface area contributed by atoms with E-state index >= 15 is 0 Å². The molecule has 0 aliphatic rings. The number of nitrogens with one attached hydrogen (secondary N) is 2. The van der Waals surface area contributed by atoms with E-state index in [1.165, 1.54) is 7.11 Å². The van der Waals surface area contributed by atoms with Crippen LogP contribution < -0.4 is 10.6 Å². The molecule has 1 unspecified atom stereocenters.